The van der Waals surface area contributed by atoms with Crippen molar-refractivity contribution in [1.29, 1.82) is 0 Å². The number of halogens is 2. The smallest absolute Gasteiger partial charge is 0.306 e. The van der Waals surface area contributed by atoms with Crippen LogP contribution in [-0.4, -0.2) is 13.1 Å². The summed E-state index contributed by atoms with van der Waals surface area (Å²) in [6.45, 7) is 0. The molecule has 0 N–H and O–H groups in total. The Morgan fingerprint density at radius 1 is 1.09 bits per heavy atom. The number of hydrogen-bond donors (Lipinski definition) is 0. The van der Waals surface area contributed by atoms with E-state index in [-0.39, 0.29) is 18.3 Å². The molecule has 0 saturated heterocycles. The predicted molar refractivity (Wildman–Crippen MR) is 78.7 cm³/mol. The number of carbonyl (C=O) groups is 1. The molecule has 0 fully saturated rings. The second kappa shape index (κ2) is 5.87. The Morgan fingerprint density at radius 3 is 2.55 bits per heavy atom. The van der Waals surface area contributed by atoms with Gasteiger partial charge < -0.3 is 4.74 Å². The van der Waals surface area contributed by atoms with E-state index in [4.69, 9.17) is 4.74 Å². The van der Waals surface area contributed by atoms with Crippen LogP contribution in [0.3, 0.4) is 0 Å². The van der Waals surface area contributed by atoms with Gasteiger partial charge >= 0.3 is 5.97 Å². The topological polar surface area (TPSA) is 26.3 Å². The molecule has 0 aliphatic heterocycles. The molecular weight excluding hydrogens is 286 g/mol. The fraction of sp³-hybridized carbons (Fsp3) is 0.278. The lowest BCUT2D eigenvalue weighted by Crippen LogP contribution is -2.12. The van der Waals surface area contributed by atoms with Crippen LogP contribution in [0.15, 0.2) is 36.4 Å². The van der Waals surface area contributed by atoms with Gasteiger partial charge in [-0.15, -0.1) is 0 Å². The Balaban J connectivity index is 2.16. The fourth-order valence-corrected chi connectivity index (χ4v) is 3.15. The number of benzene rings is 2. The van der Waals surface area contributed by atoms with Crippen molar-refractivity contribution in [2.75, 3.05) is 7.11 Å². The average Bonchev–Trinajstić information content (AvgIpc) is 2.66. The van der Waals surface area contributed by atoms with Crippen LogP contribution < -0.4 is 0 Å². The summed E-state index contributed by atoms with van der Waals surface area (Å²) >= 11 is 0. The molecule has 0 aromatic heterocycles. The van der Waals surface area contributed by atoms with Gasteiger partial charge in [0.25, 0.3) is 0 Å². The number of ether oxygens (including phenoxy) is 1. The van der Waals surface area contributed by atoms with Crippen LogP contribution in [0.5, 0.6) is 0 Å². The van der Waals surface area contributed by atoms with Crippen molar-refractivity contribution in [1.82, 2.24) is 0 Å². The van der Waals surface area contributed by atoms with Gasteiger partial charge in [0.15, 0.2) is 11.6 Å². The van der Waals surface area contributed by atoms with Crippen molar-refractivity contribution in [3.05, 3.63) is 70.3 Å². The number of aryl methyl sites for hydroxylation is 2. The van der Waals surface area contributed by atoms with Crippen LogP contribution in [0.4, 0.5) is 8.78 Å². The van der Waals surface area contributed by atoms with Crippen molar-refractivity contribution in [2.24, 2.45) is 0 Å². The van der Waals surface area contributed by atoms with Gasteiger partial charge in [0.2, 0.25) is 0 Å². The zero-order valence-electron chi connectivity index (χ0n) is 12.2. The Hall–Kier alpha value is -2.23. The third-order valence-corrected chi connectivity index (χ3v) is 4.25. The zero-order valence-corrected chi connectivity index (χ0v) is 12.2. The largest absolute Gasteiger partial charge is 0.469 e. The molecule has 22 heavy (non-hydrogen) atoms. The fourth-order valence-electron chi connectivity index (χ4n) is 3.15. The number of methoxy groups -OCH3 is 1. The molecule has 1 aliphatic carbocycles. The second-order valence-electron chi connectivity index (χ2n) is 5.50. The van der Waals surface area contributed by atoms with Crippen molar-refractivity contribution >= 4 is 5.97 Å². The monoisotopic (exact) mass is 302 g/mol. The molecule has 1 aliphatic rings. The highest BCUT2D eigenvalue weighted by Gasteiger charge is 2.27. The molecular formula is C18H16F2O2. The Bertz CT molecular complexity index is 725. The van der Waals surface area contributed by atoms with E-state index in [1.807, 2.05) is 24.3 Å². The summed E-state index contributed by atoms with van der Waals surface area (Å²) in [5.74, 6) is -2.40. The van der Waals surface area contributed by atoms with Crippen LogP contribution >= 0.6 is 0 Å². The standard InChI is InChI=1S/C18H16F2O2/c1-22-18(21)10-15-13-5-3-2-4-11(13)6-7-12-8-16(19)17(20)9-14(12)15/h2-5,8-9,15H,6-7,10H2,1H3. The summed E-state index contributed by atoms with van der Waals surface area (Å²) in [6, 6.07) is 10.2. The Morgan fingerprint density at radius 2 is 1.77 bits per heavy atom. The van der Waals surface area contributed by atoms with E-state index in [1.165, 1.54) is 19.2 Å². The van der Waals surface area contributed by atoms with Gasteiger partial charge in [-0.2, -0.15) is 0 Å². The molecule has 2 aromatic carbocycles. The van der Waals surface area contributed by atoms with Crippen LogP contribution in [0.1, 0.15) is 34.6 Å². The lowest BCUT2D eigenvalue weighted by molar-refractivity contribution is -0.140. The molecule has 1 atom stereocenters. The maximum atomic E-state index is 13.7. The molecule has 0 bridgehead atoms. The van der Waals surface area contributed by atoms with E-state index in [2.05, 4.69) is 0 Å². The SMILES string of the molecule is COC(=O)CC1c2ccccc2CCc2cc(F)c(F)cc21. The highest BCUT2D eigenvalue weighted by molar-refractivity contribution is 5.71. The first-order chi connectivity index (χ1) is 10.6. The van der Waals surface area contributed by atoms with E-state index in [1.54, 1.807) is 0 Å². The van der Waals surface area contributed by atoms with Crippen LogP contribution in [0.2, 0.25) is 0 Å². The third-order valence-electron chi connectivity index (χ3n) is 4.25. The van der Waals surface area contributed by atoms with E-state index in [0.29, 0.717) is 12.0 Å². The van der Waals surface area contributed by atoms with Gasteiger partial charge in [0.1, 0.15) is 0 Å². The quantitative estimate of drug-likeness (QED) is 0.790. The summed E-state index contributed by atoms with van der Waals surface area (Å²) in [5, 5.41) is 0. The molecule has 0 spiro atoms. The number of esters is 1. The minimum absolute atomic E-state index is 0.117. The predicted octanol–water partition coefficient (Wildman–Crippen LogP) is 3.76. The van der Waals surface area contributed by atoms with Crippen LogP contribution in [0.25, 0.3) is 0 Å². The minimum atomic E-state index is -0.881. The lowest BCUT2D eigenvalue weighted by Gasteiger charge is -2.19. The van der Waals surface area contributed by atoms with E-state index in [0.717, 1.165) is 23.1 Å². The molecule has 0 radical (unpaired) electrons. The molecule has 2 aromatic rings. The molecule has 0 heterocycles. The Kier molecular flexibility index (Phi) is 3.92. The van der Waals surface area contributed by atoms with Crippen molar-refractivity contribution in [2.45, 2.75) is 25.2 Å². The third kappa shape index (κ3) is 2.61. The molecule has 3 rings (SSSR count). The van der Waals surface area contributed by atoms with E-state index >= 15 is 0 Å². The number of fused-ring (bicyclic) bond motifs is 2. The van der Waals surface area contributed by atoms with Crippen molar-refractivity contribution in [3.63, 3.8) is 0 Å². The molecule has 1 unspecified atom stereocenters. The maximum absolute atomic E-state index is 13.7. The first-order valence-corrected chi connectivity index (χ1v) is 7.22. The zero-order chi connectivity index (χ0) is 15.7. The summed E-state index contributed by atoms with van der Waals surface area (Å²) in [7, 11) is 1.33. The minimum Gasteiger partial charge on any atom is -0.469 e. The normalized spacial score (nSPS) is 16.4. The lowest BCUT2D eigenvalue weighted by atomic mass is 9.85. The van der Waals surface area contributed by atoms with Crippen molar-refractivity contribution in [3.8, 4) is 0 Å². The highest BCUT2D eigenvalue weighted by Crippen LogP contribution is 2.37. The van der Waals surface area contributed by atoms with Crippen molar-refractivity contribution < 1.29 is 18.3 Å². The molecule has 0 saturated carbocycles. The molecule has 114 valence electrons. The van der Waals surface area contributed by atoms with Crippen LogP contribution in [-0.2, 0) is 22.4 Å². The van der Waals surface area contributed by atoms with Gasteiger partial charge in [-0.3, -0.25) is 4.79 Å². The van der Waals surface area contributed by atoms with Gasteiger partial charge in [0, 0.05) is 5.92 Å². The van der Waals surface area contributed by atoms with Gasteiger partial charge in [-0.1, -0.05) is 24.3 Å². The summed E-state index contributed by atoms with van der Waals surface area (Å²) in [5.41, 5.74) is 3.52. The van der Waals surface area contributed by atoms with Gasteiger partial charge in [-0.25, -0.2) is 8.78 Å². The van der Waals surface area contributed by atoms with E-state index in [9.17, 15) is 13.6 Å². The van der Waals surface area contributed by atoms with Gasteiger partial charge in [-0.05, 0) is 47.2 Å². The first kappa shape index (κ1) is 14.7. The summed E-state index contributed by atoms with van der Waals surface area (Å²) < 4.78 is 32.0. The van der Waals surface area contributed by atoms with Gasteiger partial charge in [0.05, 0.1) is 13.5 Å². The first-order valence-electron chi connectivity index (χ1n) is 7.22. The molecule has 2 nitrogen and oxygen atoms in total. The Labute approximate surface area is 127 Å². The summed E-state index contributed by atoms with van der Waals surface area (Å²) in [4.78, 5) is 11.8. The number of hydrogen-bond acceptors (Lipinski definition) is 2. The number of rotatable bonds is 2. The number of carbonyl (C=O) groups excluding carboxylic acids is 1. The van der Waals surface area contributed by atoms with Crippen LogP contribution in [0, 0.1) is 11.6 Å². The molecule has 0 amide bonds. The maximum Gasteiger partial charge on any atom is 0.306 e. The second-order valence-corrected chi connectivity index (χ2v) is 5.50. The highest BCUT2D eigenvalue weighted by atomic mass is 19.2. The average molecular weight is 302 g/mol. The summed E-state index contributed by atoms with van der Waals surface area (Å²) in [6.07, 6.45) is 1.48. The molecule has 4 heteroatoms. The van der Waals surface area contributed by atoms with E-state index < -0.39 is 11.6 Å².